The second-order valence-corrected chi connectivity index (χ2v) is 3.30. The molecule has 66 valence electrons. The molecule has 0 aliphatic heterocycles. The largest absolute Gasteiger partial charge is 0.507 e. The molecular weight excluding hydrogens is 186 g/mol. The Bertz CT molecular complexity index is 468. The standard InChI is InChI=1S/C10H8ClNO/c1-6-5-8(13)7-3-2-4-12-10(7)9(6)11/h2-5,13H,1H3. The van der Waals surface area contributed by atoms with Crippen LogP contribution in [0.1, 0.15) is 5.56 Å². The number of hydrogen-bond donors (Lipinski definition) is 1. The number of phenols is 1. The minimum Gasteiger partial charge on any atom is -0.507 e. The van der Waals surface area contributed by atoms with Crippen LogP contribution in [-0.2, 0) is 0 Å². The van der Waals surface area contributed by atoms with Crippen molar-refractivity contribution in [1.82, 2.24) is 4.98 Å². The van der Waals surface area contributed by atoms with Crippen molar-refractivity contribution in [1.29, 1.82) is 0 Å². The molecule has 0 amide bonds. The van der Waals surface area contributed by atoms with E-state index in [1.807, 2.05) is 6.92 Å². The second kappa shape index (κ2) is 2.89. The smallest absolute Gasteiger partial charge is 0.125 e. The Labute approximate surface area is 80.8 Å². The number of fused-ring (bicyclic) bond motifs is 1. The summed E-state index contributed by atoms with van der Waals surface area (Å²) in [6.07, 6.45) is 1.66. The molecule has 0 saturated heterocycles. The van der Waals surface area contributed by atoms with Crippen molar-refractivity contribution in [2.45, 2.75) is 6.92 Å². The normalized spacial score (nSPS) is 10.6. The highest BCUT2D eigenvalue weighted by atomic mass is 35.5. The minimum absolute atomic E-state index is 0.227. The van der Waals surface area contributed by atoms with Crippen LogP contribution in [0.15, 0.2) is 24.4 Å². The summed E-state index contributed by atoms with van der Waals surface area (Å²) in [5.74, 6) is 0.227. The van der Waals surface area contributed by atoms with Gasteiger partial charge < -0.3 is 5.11 Å². The third-order valence-corrected chi connectivity index (χ3v) is 2.47. The molecule has 2 rings (SSSR count). The van der Waals surface area contributed by atoms with E-state index in [0.717, 1.165) is 5.56 Å². The number of nitrogens with zero attached hydrogens (tertiary/aromatic N) is 1. The Kier molecular flexibility index (Phi) is 1.85. The lowest BCUT2D eigenvalue weighted by molar-refractivity contribution is 0.481. The molecular formula is C10H8ClNO. The van der Waals surface area contributed by atoms with Gasteiger partial charge in [0.05, 0.1) is 10.5 Å². The Morgan fingerprint density at radius 1 is 1.46 bits per heavy atom. The number of aryl methyl sites for hydroxylation is 1. The number of pyridine rings is 1. The van der Waals surface area contributed by atoms with Crippen LogP contribution in [-0.4, -0.2) is 10.1 Å². The van der Waals surface area contributed by atoms with Gasteiger partial charge in [-0.15, -0.1) is 0 Å². The van der Waals surface area contributed by atoms with E-state index in [1.54, 1.807) is 24.4 Å². The summed E-state index contributed by atoms with van der Waals surface area (Å²) in [7, 11) is 0. The molecule has 0 fully saturated rings. The van der Waals surface area contributed by atoms with Gasteiger partial charge in [-0.2, -0.15) is 0 Å². The van der Waals surface area contributed by atoms with Gasteiger partial charge in [0.15, 0.2) is 0 Å². The molecule has 2 aromatic rings. The van der Waals surface area contributed by atoms with E-state index in [9.17, 15) is 5.11 Å². The molecule has 0 atom stereocenters. The molecule has 3 heteroatoms. The van der Waals surface area contributed by atoms with Crippen molar-refractivity contribution in [2.75, 3.05) is 0 Å². The molecule has 0 radical (unpaired) electrons. The summed E-state index contributed by atoms with van der Waals surface area (Å²) in [6, 6.07) is 5.21. The fourth-order valence-corrected chi connectivity index (χ4v) is 1.53. The molecule has 13 heavy (non-hydrogen) atoms. The van der Waals surface area contributed by atoms with Crippen LogP contribution >= 0.6 is 11.6 Å². The highest BCUT2D eigenvalue weighted by Gasteiger charge is 2.07. The third kappa shape index (κ3) is 1.23. The van der Waals surface area contributed by atoms with Crippen molar-refractivity contribution < 1.29 is 5.11 Å². The predicted molar refractivity (Wildman–Crippen MR) is 53.2 cm³/mol. The van der Waals surface area contributed by atoms with Crippen LogP contribution in [0.3, 0.4) is 0 Å². The highest BCUT2D eigenvalue weighted by molar-refractivity contribution is 6.36. The molecule has 0 unspecified atom stereocenters. The number of benzene rings is 1. The van der Waals surface area contributed by atoms with Gasteiger partial charge in [0.1, 0.15) is 5.75 Å². The molecule has 1 aromatic carbocycles. The maximum atomic E-state index is 9.58. The second-order valence-electron chi connectivity index (χ2n) is 2.93. The lowest BCUT2D eigenvalue weighted by Gasteiger charge is -2.04. The maximum absolute atomic E-state index is 9.58. The van der Waals surface area contributed by atoms with E-state index >= 15 is 0 Å². The van der Waals surface area contributed by atoms with E-state index in [4.69, 9.17) is 11.6 Å². The molecule has 2 nitrogen and oxygen atoms in total. The number of aromatic hydroxyl groups is 1. The van der Waals surface area contributed by atoms with Gasteiger partial charge in [0, 0.05) is 11.6 Å². The van der Waals surface area contributed by atoms with E-state index in [-0.39, 0.29) is 5.75 Å². The number of aromatic nitrogens is 1. The lowest BCUT2D eigenvalue weighted by Crippen LogP contribution is -1.83. The summed E-state index contributed by atoms with van der Waals surface area (Å²) < 4.78 is 0. The Hall–Kier alpha value is -1.28. The SMILES string of the molecule is Cc1cc(O)c2cccnc2c1Cl. The van der Waals surface area contributed by atoms with Crippen LogP contribution in [0.25, 0.3) is 10.9 Å². The fraction of sp³-hybridized carbons (Fsp3) is 0.100. The van der Waals surface area contributed by atoms with Crippen LogP contribution in [0.4, 0.5) is 0 Å². The minimum atomic E-state index is 0.227. The zero-order chi connectivity index (χ0) is 9.42. The van der Waals surface area contributed by atoms with Gasteiger partial charge in [-0.25, -0.2) is 0 Å². The monoisotopic (exact) mass is 193 g/mol. The topological polar surface area (TPSA) is 33.1 Å². The molecule has 0 spiro atoms. The van der Waals surface area contributed by atoms with Crippen molar-refractivity contribution in [3.05, 3.63) is 35.0 Å². The van der Waals surface area contributed by atoms with Crippen molar-refractivity contribution >= 4 is 22.5 Å². The van der Waals surface area contributed by atoms with Gasteiger partial charge in [-0.05, 0) is 30.7 Å². The predicted octanol–water partition coefficient (Wildman–Crippen LogP) is 2.90. The molecule has 1 heterocycles. The van der Waals surface area contributed by atoms with Gasteiger partial charge >= 0.3 is 0 Å². The fourth-order valence-electron chi connectivity index (χ4n) is 1.32. The first-order valence-corrected chi connectivity index (χ1v) is 4.31. The zero-order valence-electron chi connectivity index (χ0n) is 7.08. The summed E-state index contributed by atoms with van der Waals surface area (Å²) in [6.45, 7) is 1.84. The van der Waals surface area contributed by atoms with Crippen LogP contribution < -0.4 is 0 Å². The zero-order valence-corrected chi connectivity index (χ0v) is 7.84. The van der Waals surface area contributed by atoms with Gasteiger partial charge in [-0.1, -0.05) is 11.6 Å². The van der Waals surface area contributed by atoms with Gasteiger partial charge in [0.2, 0.25) is 0 Å². The molecule has 1 aromatic heterocycles. The summed E-state index contributed by atoms with van der Waals surface area (Å²) in [4.78, 5) is 4.11. The van der Waals surface area contributed by atoms with E-state index in [2.05, 4.69) is 4.98 Å². The molecule has 0 aliphatic rings. The Morgan fingerprint density at radius 3 is 3.00 bits per heavy atom. The Balaban J connectivity index is 2.97. The average Bonchev–Trinajstić information content (AvgIpc) is 2.15. The number of halogens is 1. The first-order chi connectivity index (χ1) is 6.20. The average molecular weight is 194 g/mol. The lowest BCUT2D eigenvalue weighted by atomic mass is 10.1. The van der Waals surface area contributed by atoms with Crippen LogP contribution in [0, 0.1) is 6.92 Å². The summed E-state index contributed by atoms with van der Waals surface area (Å²) >= 11 is 6.02. The van der Waals surface area contributed by atoms with E-state index in [1.165, 1.54) is 0 Å². The summed E-state index contributed by atoms with van der Waals surface area (Å²) in [5.41, 5.74) is 1.49. The first kappa shape index (κ1) is 8.32. The number of phenolic OH excluding ortho intramolecular Hbond substituents is 1. The third-order valence-electron chi connectivity index (χ3n) is 1.99. The molecule has 0 aliphatic carbocycles. The molecule has 1 N–H and O–H groups in total. The van der Waals surface area contributed by atoms with E-state index in [0.29, 0.717) is 15.9 Å². The van der Waals surface area contributed by atoms with Crippen molar-refractivity contribution in [3.8, 4) is 5.75 Å². The number of hydrogen-bond acceptors (Lipinski definition) is 2. The summed E-state index contributed by atoms with van der Waals surface area (Å²) in [5, 5.41) is 10.9. The van der Waals surface area contributed by atoms with Crippen LogP contribution in [0.2, 0.25) is 5.02 Å². The van der Waals surface area contributed by atoms with Crippen molar-refractivity contribution in [2.24, 2.45) is 0 Å². The van der Waals surface area contributed by atoms with Crippen molar-refractivity contribution in [3.63, 3.8) is 0 Å². The molecule has 0 bridgehead atoms. The Morgan fingerprint density at radius 2 is 2.23 bits per heavy atom. The van der Waals surface area contributed by atoms with E-state index < -0.39 is 0 Å². The quantitative estimate of drug-likeness (QED) is 0.698. The molecule has 0 saturated carbocycles. The maximum Gasteiger partial charge on any atom is 0.125 e. The van der Waals surface area contributed by atoms with Crippen LogP contribution in [0.5, 0.6) is 5.75 Å². The van der Waals surface area contributed by atoms with Gasteiger partial charge in [-0.3, -0.25) is 4.98 Å². The first-order valence-electron chi connectivity index (χ1n) is 3.93. The number of rotatable bonds is 0. The highest BCUT2D eigenvalue weighted by Crippen LogP contribution is 2.31. The van der Waals surface area contributed by atoms with Gasteiger partial charge in [0.25, 0.3) is 0 Å².